The van der Waals surface area contributed by atoms with Gasteiger partial charge in [-0.1, -0.05) is 148 Å². The van der Waals surface area contributed by atoms with E-state index in [1.54, 1.807) is 6.92 Å². The lowest BCUT2D eigenvalue weighted by molar-refractivity contribution is -0.166. The number of hydrogen-bond donors (Lipinski definition) is 0. The number of carbonyl (C=O) groups excluding carboxylic acids is 3. The van der Waals surface area contributed by atoms with Crippen LogP contribution in [0.2, 0.25) is 0 Å². The van der Waals surface area contributed by atoms with E-state index in [4.69, 9.17) is 14.2 Å². The zero-order valence-electron chi connectivity index (χ0n) is 31.8. The van der Waals surface area contributed by atoms with Gasteiger partial charge < -0.3 is 14.2 Å². The van der Waals surface area contributed by atoms with Crippen LogP contribution in [-0.4, -0.2) is 37.2 Å². The van der Waals surface area contributed by atoms with E-state index in [0.717, 1.165) is 51.4 Å². The van der Waals surface area contributed by atoms with Crippen molar-refractivity contribution in [2.75, 3.05) is 13.2 Å². The fraction of sp³-hybridized carbons (Fsp3) is 0.833. The van der Waals surface area contributed by atoms with E-state index in [1.165, 1.54) is 116 Å². The first-order valence-corrected chi connectivity index (χ1v) is 20.3. The lowest BCUT2D eigenvalue weighted by Gasteiger charge is -2.18. The zero-order chi connectivity index (χ0) is 35.2. The second-order valence-electron chi connectivity index (χ2n) is 13.5. The van der Waals surface area contributed by atoms with E-state index in [0.29, 0.717) is 12.8 Å². The molecule has 0 aromatic heterocycles. The van der Waals surface area contributed by atoms with Gasteiger partial charge in [0.1, 0.15) is 13.2 Å². The molecule has 0 unspecified atom stereocenters. The fourth-order valence-corrected chi connectivity index (χ4v) is 5.59. The maximum atomic E-state index is 12.5. The maximum absolute atomic E-state index is 12.5. The molecule has 0 aliphatic rings. The SMILES string of the molecule is CCCCCCCC/C=C\CCCCCCCC(=O)OC[C@@H](COC(=O)CC)OC(=O)CCCCCCC/C=C\CCCCCCCC. The third kappa shape index (κ3) is 35.2. The fourth-order valence-electron chi connectivity index (χ4n) is 5.59. The first-order chi connectivity index (χ1) is 23.5. The van der Waals surface area contributed by atoms with E-state index in [2.05, 4.69) is 38.2 Å². The second-order valence-corrected chi connectivity index (χ2v) is 13.5. The van der Waals surface area contributed by atoms with Gasteiger partial charge in [-0.3, -0.25) is 14.4 Å². The Kier molecular flexibility index (Phi) is 36.0. The Morgan fingerprint density at radius 1 is 0.417 bits per heavy atom. The molecule has 0 amide bonds. The molecule has 0 aromatic carbocycles. The summed E-state index contributed by atoms with van der Waals surface area (Å²) in [4.78, 5) is 36.4. The number of esters is 3. The van der Waals surface area contributed by atoms with Crippen molar-refractivity contribution in [1.82, 2.24) is 0 Å². The van der Waals surface area contributed by atoms with Crippen LogP contribution in [0.15, 0.2) is 24.3 Å². The van der Waals surface area contributed by atoms with Crippen LogP contribution < -0.4 is 0 Å². The quantitative estimate of drug-likeness (QED) is 0.0284. The van der Waals surface area contributed by atoms with Gasteiger partial charge in [0.15, 0.2) is 6.10 Å². The molecule has 6 nitrogen and oxygen atoms in total. The number of ether oxygens (including phenoxy) is 3. The van der Waals surface area contributed by atoms with Crippen molar-refractivity contribution in [2.45, 2.75) is 213 Å². The van der Waals surface area contributed by atoms with Gasteiger partial charge in [0.2, 0.25) is 0 Å². The van der Waals surface area contributed by atoms with Crippen LogP contribution >= 0.6 is 0 Å². The molecule has 0 rings (SSSR count). The van der Waals surface area contributed by atoms with Gasteiger partial charge in [0.05, 0.1) is 0 Å². The number of hydrogen-bond acceptors (Lipinski definition) is 6. The summed E-state index contributed by atoms with van der Waals surface area (Å²) in [6.45, 7) is 6.05. The monoisotopic (exact) mass is 677 g/mol. The van der Waals surface area contributed by atoms with Crippen molar-refractivity contribution in [1.29, 1.82) is 0 Å². The first-order valence-electron chi connectivity index (χ1n) is 20.3. The normalized spacial score (nSPS) is 12.1. The molecule has 0 heterocycles. The summed E-state index contributed by atoms with van der Waals surface area (Å²) >= 11 is 0. The number of rotatable bonds is 36. The molecule has 0 aliphatic heterocycles. The average molecular weight is 677 g/mol. The third-order valence-electron chi connectivity index (χ3n) is 8.73. The molecule has 280 valence electrons. The average Bonchev–Trinajstić information content (AvgIpc) is 3.09. The van der Waals surface area contributed by atoms with Crippen LogP contribution in [0.3, 0.4) is 0 Å². The standard InChI is InChI=1S/C42H76O6/c1-4-7-9-11-13-15-17-19-21-23-25-27-29-31-33-35-41(44)47-38-39(37-46-40(43)6-3)48-42(45)36-34-32-30-28-26-24-22-20-18-16-14-12-10-8-5-2/h19-22,39H,4-18,23-38H2,1-3H3/b21-19-,22-20-/t39-/m1/s1. The largest absolute Gasteiger partial charge is 0.462 e. The summed E-state index contributed by atoms with van der Waals surface area (Å²) in [5.41, 5.74) is 0. The molecule has 0 aliphatic carbocycles. The molecule has 0 radical (unpaired) electrons. The van der Waals surface area contributed by atoms with E-state index in [-0.39, 0.29) is 37.5 Å². The summed E-state index contributed by atoms with van der Waals surface area (Å²) in [6, 6.07) is 0. The van der Waals surface area contributed by atoms with Crippen LogP contribution in [0.4, 0.5) is 0 Å². The first kappa shape index (κ1) is 45.9. The highest BCUT2D eigenvalue weighted by Gasteiger charge is 2.19. The van der Waals surface area contributed by atoms with E-state index in [1.807, 2.05) is 0 Å². The number of allylic oxidation sites excluding steroid dienone is 4. The van der Waals surface area contributed by atoms with Crippen molar-refractivity contribution in [3.05, 3.63) is 24.3 Å². The van der Waals surface area contributed by atoms with E-state index >= 15 is 0 Å². The van der Waals surface area contributed by atoms with Crippen molar-refractivity contribution in [3.8, 4) is 0 Å². The maximum Gasteiger partial charge on any atom is 0.306 e. The number of carbonyl (C=O) groups is 3. The van der Waals surface area contributed by atoms with Crippen molar-refractivity contribution in [2.24, 2.45) is 0 Å². The summed E-state index contributed by atoms with van der Waals surface area (Å²) in [6.07, 6.45) is 40.7. The van der Waals surface area contributed by atoms with Gasteiger partial charge in [-0.25, -0.2) is 0 Å². The predicted octanol–water partition coefficient (Wildman–Crippen LogP) is 12.5. The van der Waals surface area contributed by atoms with E-state index in [9.17, 15) is 14.4 Å². The van der Waals surface area contributed by atoms with Crippen molar-refractivity contribution in [3.63, 3.8) is 0 Å². The molecule has 0 saturated heterocycles. The highest BCUT2D eigenvalue weighted by molar-refractivity contribution is 5.71. The summed E-state index contributed by atoms with van der Waals surface area (Å²) in [5.74, 6) is -1.00. The van der Waals surface area contributed by atoms with Crippen LogP contribution in [0.1, 0.15) is 207 Å². The van der Waals surface area contributed by atoms with Gasteiger partial charge in [-0.2, -0.15) is 0 Å². The topological polar surface area (TPSA) is 78.9 Å². The predicted molar refractivity (Wildman–Crippen MR) is 201 cm³/mol. The molecule has 0 saturated carbocycles. The van der Waals surface area contributed by atoms with Gasteiger partial charge >= 0.3 is 17.9 Å². The molecule has 0 aromatic rings. The molecule has 1 atom stereocenters. The zero-order valence-corrected chi connectivity index (χ0v) is 31.8. The highest BCUT2D eigenvalue weighted by Crippen LogP contribution is 2.13. The van der Waals surface area contributed by atoms with Gasteiger partial charge in [0.25, 0.3) is 0 Å². The Morgan fingerprint density at radius 2 is 0.750 bits per heavy atom. The molecule has 0 bridgehead atoms. The van der Waals surface area contributed by atoms with Crippen LogP contribution in [0.5, 0.6) is 0 Å². The van der Waals surface area contributed by atoms with Crippen LogP contribution in [-0.2, 0) is 28.6 Å². The van der Waals surface area contributed by atoms with Gasteiger partial charge in [0, 0.05) is 19.3 Å². The lowest BCUT2D eigenvalue weighted by Crippen LogP contribution is -2.30. The Hall–Kier alpha value is -2.11. The third-order valence-corrected chi connectivity index (χ3v) is 8.73. The van der Waals surface area contributed by atoms with E-state index < -0.39 is 6.10 Å². The highest BCUT2D eigenvalue weighted by atomic mass is 16.6. The second kappa shape index (κ2) is 37.7. The molecule has 0 spiro atoms. The van der Waals surface area contributed by atoms with Crippen molar-refractivity contribution >= 4 is 17.9 Å². The molecule has 6 heteroatoms. The minimum atomic E-state index is -0.769. The van der Waals surface area contributed by atoms with Crippen LogP contribution in [0, 0.1) is 0 Å². The Balaban J connectivity index is 3.95. The van der Waals surface area contributed by atoms with Gasteiger partial charge in [-0.15, -0.1) is 0 Å². The molecular weight excluding hydrogens is 600 g/mol. The summed E-state index contributed by atoms with van der Waals surface area (Å²) in [7, 11) is 0. The summed E-state index contributed by atoms with van der Waals surface area (Å²) < 4.78 is 16.1. The minimum absolute atomic E-state index is 0.0843. The molecule has 48 heavy (non-hydrogen) atoms. The minimum Gasteiger partial charge on any atom is -0.462 e. The van der Waals surface area contributed by atoms with Crippen LogP contribution in [0.25, 0.3) is 0 Å². The molecular formula is C42H76O6. The smallest absolute Gasteiger partial charge is 0.306 e. The molecule has 0 N–H and O–H groups in total. The summed E-state index contributed by atoms with van der Waals surface area (Å²) in [5, 5.41) is 0. The Labute approximate surface area is 296 Å². The van der Waals surface area contributed by atoms with Gasteiger partial charge in [-0.05, 0) is 64.2 Å². The molecule has 0 fully saturated rings. The Bertz CT molecular complexity index is 789. The lowest BCUT2D eigenvalue weighted by atomic mass is 10.1. The van der Waals surface area contributed by atoms with Crippen molar-refractivity contribution < 1.29 is 28.6 Å². The Morgan fingerprint density at radius 3 is 1.15 bits per heavy atom. The number of unbranched alkanes of at least 4 members (excludes halogenated alkanes) is 22.